The monoisotopic (exact) mass is 540 g/mol. The molecule has 0 amide bonds. The Balaban J connectivity index is 0.00000341. The molecule has 0 radical (unpaired) electrons. The first-order chi connectivity index (χ1) is 14.6. The van der Waals surface area contributed by atoms with Gasteiger partial charge >= 0.3 is 0 Å². The number of aliphatic imine (C=N–C) groups is 1. The van der Waals surface area contributed by atoms with Crippen molar-refractivity contribution in [2.45, 2.75) is 45.7 Å². The van der Waals surface area contributed by atoms with Gasteiger partial charge in [0.05, 0.1) is 18.8 Å². The highest BCUT2D eigenvalue weighted by atomic mass is 127. The molecule has 2 heterocycles. The summed E-state index contributed by atoms with van der Waals surface area (Å²) in [6.07, 6.45) is 3.52. The van der Waals surface area contributed by atoms with Gasteiger partial charge < -0.3 is 15.4 Å². The van der Waals surface area contributed by atoms with Gasteiger partial charge in [-0.05, 0) is 70.0 Å². The Morgan fingerprint density at radius 1 is 1.19 bits per heavy atom. The fraction of sp³-hybridized carbons (Fsp3) is 0.565. The molecule has 1 saturated heterocycles. The molecule has 2 aromatic rings. The number of methoxy groups -OCH3 is 1. The van der Waals surface area contributed by atoms with Gasteiger partial charge in [0.25, 0.3) is 0 Å². The van der Waals surface area contributed by atoms with Gasteiger partial charge in [-0.2, -0.15) is 5.10 Å². The van der Waals surface area contributed by atoms with Crippen LogP contribution in [0.1, 0.15) is 42.3 Å². The van der Waals surface area contributed by atoms with Gasteiger partial charge in [0, 0.05) is 32.4 Å². The van der Waals surface area contributed by atoms with Gasteiger partial charge in [-0.25, -0.2) is 0 Å². The molecule has 0 bridgehead atoms. The maximum absolute atomic E-state index is 5.44. The van der Waals surface area contributed by atoms with Gasteiger partial charge in [0.15, 0.2) is 5.96 Å². The summed E-state index contributed by atoms with van der Waals surface area (Å²) in [5.74, 6) is 1.75. The average Bonchev–Trinajstić information content (AvgIpc) is 3.39. The van der Waals surface area contributed by atoms with E-state index >= 15 is 0 Å². The van der Waals surface area contributed by atoms with Crippen LogP contribution in [0.2, 0.25) is 0 Å². The zero-order valence-corrected chi connectivity index (χ0v) is 21.6. The van der Waals surface area contributed by atoms with Crippen molar-refractivity contribution in [3.05, 3.63) is 47.3 Å². The molecule has 0 spiro atoms. The minimum atomic E-state index is 0. The van der Waals surface area contributed by atoms with Crippen molar-refractivity contribution in [2.24, 2.45) is 4.99 Å². The Bertz CT molecular complexity index is 831. The lowest BCUT2D eigenvalue weighted by molar-refractivity contribution is 0.245. The van der Waals surface area contributed by atoms with Crippen LogP contribution < -0.4 is 15.4 Å². The van der Waals surface area contributed by atoms with E-state index in [1.165, 1.54) is 24.1 Å². The van der Waals surface area contributed by atoms with Gasteiger partial charge in [0.1, 0.15) is 5.75 Å². The molecule has 1 atom stereocenters. The first-order valence-corrected chi connectivity index (χ1v) is 10.9. The lowest BCUT2D eigenvalue weighted by atomic mass is 10.1. The van der Waals surface area contributed by atoms with Crippen molar-refractivity contribution >= 4 is 29.9 Å². The number of nitrogens with one attached hydrogen (secondary N) is 2. The lowest BCUT2D eigenvalue weighted by Crippen LogP contribution is -2.43. The summed E-state index contributed by atoms with van der Waals surface area (Å²) in [6, 6.07) is 10.8. The molecule has 1 aromatic carbocycles. The summed E-state index contributed by atoms with van der Waals surface area (Å²) < 4.78 is 7.51. The third kappa shape index (κ3) is 7.38. The van der Waals surface area contributed by atoms with Crippen LogP contribution in [0.5, 0.6) is 5.75 Å². The Morgan fingerprint density at radius 2 is 1.97 bits per heavy atom. The highest BCUT2D eigenvalue weighted by Gasteiger charge is 2.24. The van der Waals surface area contributed by atoms with Gasteiger partial charge in [-0.3, -0.25) is 14.6 Å². The molecule has 8 heteroatoms. The molecule has 172 valence electrons. The van der Waals surface area contributed by atoms with Crippen molar-refractivity contribution < 1.29 is 4.74 Å². The number of halogens is 1. The molecule has 1 fully saturated rings. The first-order valence-electron chi connectivity index (χ1n) is 10.9. The van der Waals surface area contributed by atoms with Gasteiger partial charge in [-0.15, -0.1) is 24.0 Å². The van der Waals surface area contributed by atoms with E-state index in [0.717, 1.165) is 56.5 Å². The molecular formula is C23H37IN6O. The van der Waals surface area contributed by atoms with Gasteiger partial charge in [-0.1, -0.05) is 12.1 Å². The number of likely N-dealkylation sites (tertiary alicyclic amines) is 1. The zero-order chi connectivity index (χ0) is 21.3. The Kier molecular flexibility index (Phi) is 10.6. The molecule has 2 N–H and O–H groups in total. The molecule has 0 saturated carbocycles. The lowest BCUT2D eigenvalue weighted by Gasteiger charge is -2.29. The number of benzene rings is 1. The largest absolute Gasteiger partial charge is 0.497 e. The second-order valence-electron chi connectivity index (χ2n) is 7.92. The molecule has 0 aliphatic carbocycles. The van der Waals surface area contributed by atoms with Crippen LogP contribution in [0.25, 0.3) is 0 Å². The van der Waals surface area contributed by atoms with Crippen LogP contribution >= 0.6 is 24.0 Å². The molecule has 3 rings (SSSR count). The maximum atomic E-state index is 5.44. The Labute approximate surface area is 203 Å². The normalized spacial score (nSPS) is 15.4. The quantitative estimate of drug-likeness (QED) is 0.221. The van der Waals surface area contributed by atoms with E-state index in [9.17, 15) is 0 Å². The van der Waals surface area contributed by atoms with E-state index in [2.05, 4.69) is 61.5 Å². The van der Waals surface area contributed by atoms with Crippen LogP contribution in [-0.4, -0.2) is 61.0 Å². The minimum absolute atomic E-state index is 0. The third-order valence-electron chi connectivity index (χ3n) is 5.69. The molecular weight excluding hydrogens is 503 g/mol. The third-order valence-corrected chi connectivity index (χ3v) is 5.69. The summed E-state index contributed by atoms with van der Waals surface area (Å²) >= 11 is 0. The van der Waals surface area contributed by atoms with E-state index in [-0.39, 0.29) is 24.0 Å². The highest BCUT2D eigenvalue weighted by molar-refractivity contribution is 14.0. The summed E-state index contributed by atoms with van der Waals surface area (Å²) in [4.78, 5) is 6.96. The number of guanidine groups is 1. The topological polar surface area (TPSA) is 66.7 Å². The fourth-order valence-electron chi connectivity index (χ4n) is 4.11. The molecule has 1 unspecified atom stereocenters. The molecule has 31 heavy (non-hydrogen) atoms. The fourth-order valence-corrected chi connectivity index (χ4v) is 4.11. The second-order valence-corrected chi connectivity index (χ2v) is 7.92. The first kappa shape index (κ1) is 25.5. The number of aromatic nitrogens is 2. The number of rotatable bonds is 9. The molecule has 7 nitrogen and oxygen atoms in total. The SMILES string of the molecule is CN=C(NCCCn1nc(C)cc1C)NCC(c1cccc(OC)c1)N1CCCC1.I. The van der Waals surface area contributed by atoms with Crippen LogP contribution in [0.3, 0.4) is 0 Å². The predicted molar refractivity (Wildman–Crippen MR) is 138 cm³/mol. The van der Waals surface area contributed by atoms with E-state index in [0.29, 0.717) is 6.04 Å². The van der Waals surface area contributed by atoms with Crippen molar-refractivity contribution in [3.63, 3.8) is 0 Å². The summed E-state index contributed by atoms with van der Waals surface area (Å²) in [7, 11) is 3.55. The number of ether oxygens (including phenoxy) is 1. The van der Waals surface area contributed by atoms with Crippen LogP contribution in [0.4, 0.5) is 0 Å². The van der Waals surface area contributed by atoms with E-state index < -0.39 is 0 Å². The smallest absolute Gasteiger partial charge is 0.191 e. The van der Waals surface area contributed by atoms with Crippen LogP contribution in [0, 0.1) is 13.8 Å². The Hall–Kier alpha value is -1.81. The van der Waals surface area contributed by atoms with Crippen molar-refractivity contribution in [3.8, 4) is 5.75 Å². The second kappa shape index (κ2) is 12.9. The summed E-state index contributed by atoms with van der Waals surface area (Å²) in [5.41, 5.74) is 3.56. The van der Waals surface area contributed by atoms with E-state index in [1.807, 2.05) is 20.0 Å². The van der Waals surface area contributed by atoms with Crippen molar-refractivity contribution in [1.82, 2.24) is 25.3 Å². The molecule has 1 aromatic heterocycles. The summed E-state index contributed by atoms with van der Waals surface area (Å²) in [5, 5.41) is 11.5. The average molecular weight is 540 g/mol. The van der Waals surface area contributed by atoms with Crippen molar-refractivity contribution in [1.29, 1.82) is 0 Å². The van der Waals surface area contributed by atoms with Crippen LogP contribution in [0.15, 0.2) is 35.3 Å². The predicted octanol–water partition coefficient (Wildman–Crippen LogP) is 3.52. The van der Waals surface area contributed by atoms with Gasteiger partial charge in [0.2, 0.25) is 0 Å². The minimum Gasteiger partial charge on any atom is -0.497 e. The molecule has 1 aliphatic heterocycles. The highest BCUT2D eigenvalue weighted by Crippen LogP contribution is 2.27. The number of hydrogen-bond donors (Lipinski definition) is 2. The van der Waals surface area contributed by atoms with Crippen molar-refractivity contribution in [2.75, 3.05) is 40.3 Å². The maximum Gasteiger partial charge on any atom is 0.191 e. The summed E-state index contributed by atoms with van der Waals surface area (Å²) in [6.45, 7) is 8.98. The number of hydrogen-bond acceptors (Lipinski definition) is 4. The van der Waals surface area contributed by atoms with E-state index in [1.54, 1.807) is 7.11 Å². The molecule has 1 aliphatic rings. The van der Waals surface area contributed by atoms with Crippen LogP contribution in [-0.2, 0) is 6.54 Å². The Morgan fingerprint density at radius 3 is 2.61 bits per heavy atom. The number of aryl methyl sites for hydroxylation is 3. The van der Waals surface area contributed by atoms with E-state index in [4.69, 9.17) is 4.74 Å². The number of nitrogens with zero attached hydrogens (tertiary/aromatic N) is 4. The standard InChI is InChI=1S/C23H36N6O.HI/c1-18-15-19(2)29(27-18)14-8-11-25-23(24-3)26-17-22(28-12-5-6-13-28)20-9-7-10-21(16-20)30-4;/h7,9-10,15-16,22H,5-6,8,11-14,17H2,1-4H3,(H2,24,25,26);1H. The zero-order valence-electron chi connectivity index (χ0n) is 19.2.